The molecule has 1 fully saturated rings. The summed E-state index contributed by atoms with van der Waals surface area (Å²) in [5.74, 6) is -0.783. The number of carboxylic acid groups (broad SMARTS) is 1. The first-order chi connectivity index (χ1) is 6.53. The van der Waals surface area contributed by atoms with Crippen LogP contribution in [0.25, 0.3) is 0 Å². The molecule has 1 heterocycles. The van der Waals surface area contributed by atoms with Crippen molar-refractivity contribution in [2.24, 2.45) is 5.92 Å². The lowest BCUT2D eigenvalue weighted by Crippen LogP contribution is -2.44. The number of hydrogen-bond donors (Lipinski definition) is 1. The van der Waals surface area contributed by atoms with Crippen molar-refractivity contribution in [2.45, 2.75) is 45.6 Å². The Balaban J connectivity index is 2.60. The fourth-order valence-corrected chi connectivity index (χ4v) is 2.15. The number of rotatable bonds is 4. The van der Waals surface area contributed by atoms with Crippen LogP contribution >= 0.6 is 0 Å². The van der Waals surface area contributed by atoms with Crippen LogP contribution in [0.5, 0.6) is 0 Å². The fraction of sp³-hybridized carbons (Fsp3) is 0.909. The molecule has 0 spiro atoms. The maximum Gasteiger partial charge on any atom is 0.307 e. The van der Waals surface area contributed by atoms with Gasteiger partial charge in [-0.2, -0.15) is 0 Å². The topological polar surface area (TPSA) is 40.5 Å². The highest BCUT2D eigenvalue weighted by Crippen LogP contribution is 2.29. The molecule has 1 unspecified atom stereocenters. The summed E-state index contributed by atoms with van der Waals surface area (Å²) < 4.78 is 0. The molecule has 1 N–H and O–H groups in total. The Kier molecular flexibility index (Phi) is 3.53. The maximum atomic E-state index is 10.8. The third kappa shape index (κ3) is 2.08. The van der Waals surface area contributed by atoms with Gasteiger partial charge in [0, 0.05) is 12.1 Å². The minimum absolute atomic E-state index is 0.146. The Hall–Kier alpha value is -0.570. The van der Waals surface area contributed by atoms with E-state index in [0.717, 1.165) is 32.4 Å². The van der Waals surface area contributed by atoms with Crippen LogP contribution in [0.15, 0.2) is 0 Å². The molecule has 82 valence electrons. The lowest BCUT2D eigenvalue weighted by Gasteiger charge is -2.37. The summed E-state index contributed by atoms with van der Waals surface area (Å²) in [5.41, 5.74) is 0.199. The molecule has 1 rings (SSSR count). The number of carbonyl (C=O) groups is 1. The van der Waals surface area contributed by atoms with Gasteiger partial charge in [-0.25, -0.2) is 0 Å². The molecule has 0 bridgehead atoms. The molecule has 1 aliphatic heterocycles. The molecule has 14 heavy (non-hydrogen) atoms. The molecule has 0 aromatic carbocycles. The minimum atomic E-state index is -0.637. The van der Waals surface area contributed by atoms with Crippen LogP contribution in [-0.2, 0) is 4.79 Å². The van der Waals surface area contributed by atoms with Gasteiger partial charge in [0.2, 0.25) is 0 Å². The van der Waals surface area contributed by atoms with E-state index in [-0.39, 0.29) is 11.5 Å². The van der Waals surface area contributed by atoms with Crippen LogP contribution in [0.1, 0.15) is 40.0 Å². The van der Waals surface area contributed by atoms with Gasteiger partial charge in [0.25, 0.3) is 0 Å². The molecule has 0 radical (unpaired) electrons. The zero-order valence-electron chi connectivity index (χ0n) is 9.42. The molecule has 3 heteroatoms. The molecular weight excluding hydrogens is 178 g/mol. The van der Waals surface area contributed by atoms with Gasteiger partial charge in [-0.15, -0.1) is 0 Å². The summed E-state index contributed by atoms with van der Waals surface area (Å²) in [7, 11) is 0. The predicted molar refractivity (Wildman–Crippen MR) is 56.3 cm³/mol. The van der Waals surface area contributed by atoms with Crippen molar-refractivity contribution in [2.75, 3.05) is 13.1 Å². The first-order valence-electron chi connectivity index (χ1n) is 5.51. The highest BCUT2D eigenvalue weighted by Gasteiger charge is 2.36. The Labute approximate surface area is 86.1 Å². The van der Waals surface area contributed by atoms with Crippen LogP contribution in [-0.4, -0.2) is 34.6 Å². The lowest BCUT2D eigenvalue weighted by atomic mass is 9.93. The highest BCUT2D eigenvalue weighted by atomic mass is 16.4. The molecule has 1 atom stereocenters. The van der Waals surface area contributed by atoms with Crippen molar-refractivity contribution >= 4 is 5.97 Å². The Morgan fingerprint density at radius 3 is 2.43 bits per heavy atom. The summed E-state index contributed by atoms with van der Waals surface area (Å²) in [6.45, 7) is 8.26. The first kappa shape index (κ1) is 11.5. The third-order valence-corrected chi connectivity index (χ3v) is 3.82. The van der Waals surface area contributed by atoms with Crippen LogP contribution in [0, 0.1) is 5.92 Å². The minimum Gasteiger partial charge on any atom is -0.481 e. The molecule has 1 saturated heterocycles. The van der Waals surface area contributed by atoms with Gasteiger partial charge in [0.05, 0.1) is 5.92 Å². The van der Waals surface area contributed by atoms with E-state index in [9.17, 15) is 4.79 Å². The van der Waals surface area contributed by atoms with E-state index in [1.54, 1.807) is 0 Å². The van der Waals surface area contributed by atoms with Crippen molar-refractivity contribution in [3.8, 4) is 0 Å². The number of hydrogen-bond acceptors (Lipinski definition) is 2. The van der Waals surface area contributed by atoms with Gasteiger partial charge in [-0.1, -0.05) is 13.8 Å². The quantitative estimate of drug-likeness (QED) is 0.752. The number of likely N-dealkylation sites (tertiary alicyclic amines) is 1. The zero-order chi connectivity index (χ0) is 10.8. The normalized spacial score (nSPS) is 24.1. The van der Waals surface area contributed by atoms with E-state index in [4.69, 9.17) is 5.11 Å². The monoisotopic (exact) mass is 199 g/mol. The van der Waals surface area contributed by atoms with E-state index in [1.807, 2.05) is 0 Å². The number of carboxylic acids is 1. The molecule has 0 aromatic rings. The first-order valence-corrected chi connectivity index (χ1v) is 5.51. The SMILES string of the molecule is CCC(C)(CC)N1CCC(C(=O)O)C1. The van der Waals surface area contributed by atoms with Crippen molar-refractivity contribution in [1.82, 2.24) is 4.90 Å². The van der Waals surface area contributed by atoms with Gasteiger partial charge in [-0.3, -0.25) is 9.69 Å². The summed E-state index contributed by atoms with van der Waals surface area (Å²) in [5, 5.41) is 8.92. The van der Waals surface area contributed by atoms with E-state index in [0.29, 0.717) is 0 Å². The van der Waals surface area contributed by atoms with E-state index < -0.39 is 5.97 Å². The van der Waals surface area contributed by atoms with E-state index in [2.05, 4.69) is 25.7 Å². The summed E-state index contributed by atoms with van der Waals surface area (Å²) >= 11 is 0. The van der Waals surface area contributed by atoms with E-state index in [1.165, 1.54) is 0 Å². The average molecular weight is 199 g/mol. The highest BCUT2D eigenvalue weighted by molar-refractivity contribution is 5.70. The molecule has 3 nitrogen and oxygen atoms in total. The third-order valence-electron chi connectivity index (χ3n) is 3.82. The molecule has 1 aliphatic rings. The summed E-state index contributed by atoms with van der Waals surface area (Å²) in [4.78, 5) is 13.2. The van der Waals surface area contributed by atoms with Crippen molar-refractivity contribution in [3.05, 3.63) is 0 Å². The molecule has 0 aliphatic carbocycles. The molecule has 0 amide bonds. The van der Waals surface area contributed by atoms with Crippen molar-refractivity contribution < 1.29 is 9.90 Å². The van der Waals surface area contributed by atoms with Crippen molar-refractivity contribution in [1.29, 1.82) is 0 Å². The number of aliphatic carboxylic acids is 1. The second-order valence-corrected chi connectivity index (χ2v) is 4.47. The lowest BCUT2D eigenvalue weighted by molar-refractivity contribution is -0.141. The maximum absolute atomic E-state index is 10.8. The van der Waals surface area contributed by atoms with Crippen LogP contribution < -0.4 is 0 Å². The Morgan fingerprint density at radius 1 is 1.50 bits per heavy atom. The summed E-state index contributed by atoms with van der Waals surface area (Å²) in [6, 6.07) is 0. The van der Waals surface area contributed by atoms with Crippen LogP contribution in [0.4, 0.5) is 0 Å². The largest absolute Gasteiger partial charge is 0.481 e. The Bertz CT molecular complexity index is 211. The standard InChI is InChI=1S/C11H21NO2/c1-4-11(3,5-2)12-7-6-9(8-12)10(13)14/h9H,4-8H2,1-3H3,(H,13,14). The van der Waals surface area contributed by atoms with Gasteiger partial charge >= 0.3 is 5.97 Å². The van der Waals surface area contributed by atoms with Gasteiger partial charge in [0.15, 0.2) is 0 Å². The van der Waals surface area contributed by atoms with Crippen LogP contribution in [0.3, 0.4) is 0 Å². The smallest absolute Gasteiger partial charge is 0.307 e. The molecule has 0 aromatic heterocycles. The summed E-state index contributed by atoms with van der Waals surface area (Å²) in [6.07, 6.45) is 3.00. The Morgan fingerprint density at radius 2 is 2.07 bits per heavy atom. The zero-order valence-corrected chi connectivity index (χ0v) is 9.42. The van der Waals surface area contributed by atoms with E-state index >= 15 is 0 Å². The van der Waals surface area contributed by atoms with Gasteiger partial charge < -0.3 is 5.11 Å². The fourth-order valence-electron chi connectivity index (χ4n) is 2.15. The molecule has 0 saturated carbocycles. The van der Waals surface area contributed by atoms with Gasteiger partial charge in [0.1, 0.15) is 0 Å². The van der Waals surface area contributed by atoms with Crippen molar-refractivity contribution in [3.63, 3.8) is 0 Å². The predicted octanol–water partition coefficient (Wildman–Crippen LogP) is 1.97. The number of nitrogens with zero attached hydrogens (tertiary/aromatic N) is 1. The van der Waals surface area contributed by atoms with Gasteiger partial charge in [-0.05, 0) is 32.7 Å². The average Bonchev–Trinajstić information content (AvgIpc) is 2.66. The second-order valence-electron chi connectivity index (χ2n) is 4.47. The van der Waals surface area contributed by atoms with Crippen LogP contribution in [0.2, 0.25) is 0 Å². The second kappa shape index (κ2) is 4.30. The molecular formula is C11H21NO2.